The third-order valence-electron chi connectivity index (χ3n) is 8.02. The topological polar surface area (TPSA) is 105 Å². The van der Waals surface area contributed by atoms with E-state index < -0.39 is 28.5 Å². The third kappa shape index (κ3) is 7.72. The van der Waals surface area contributed by atoms with Gasteiger partial charge in [-0.15, -0.1) is 0 Å². The zero-order chi connectivity index (χ0) is 32.0. The number of rotatable bonds is 12. The molecule has 1 saturated carbocycles. The molecule has 0 radical (unpaired) electrons. The summed E-state index contributed by atoms with van der Waals surface area (Å²) >= 11 is 0. The Morgan fingerprint density at radius 1 is 0.886 bits per heavy atom. The van der Waals surface area contributed by atoms with E-state index in [9.17, 15) is 18.0 Å². The Kier molecular flexibility index (Phi) is 10.6. The fourth-order valence-corrected chi connectivity index (χ4v) is 7.12. The molecular weight excluding hydrogens is 578 g/mol. The number of hydrogen-bond acceptors (Lipinski definition) is 6. The maximum atomic E-state index is 14.3. The molecule has 1 N–H and O–H groups in total. The van der Waals surface area contributed by atoms with E-state index in [1.807, 2.05) is 51.1 Å². The number of nitrogens with zero attached hydrogens (tertiary/aromatic N) is 2. The van der Waals surface area contributed by atoms with Crippen molar-refractivity contribution in [2.45, 2.75) is 76.9 Å². The Hall–Kier alpha value is -4.05. The minimum atomic E-state index is -4.27. The molecule has 2 amide bonds. The number of sulfonamides is 1. The lowest BCUT2D eigenvalue weighted by Crippen LogP contribution is -2.52. The molecule has 0 aromatic heterocycles. The van der Waals surface area contributed by atoms with E-state index >= 15 is 0 Å². The lowest BCUT2D eigenvalue weighted by Gasteiger charge is -2.32. The van der Waals surface area contributed by atoms with Gasteiger partial charge < -0.3 is 19.7 Å². The molecule has 1 aliphatic rings. The quantitative estimate of drug-likeness (QED) is 0.294. The fraction of sp³-hybridized carbons (Fsp3) is 0.412. The molecule has 0 spiro atoms. The number of benzene rings is 3. The van der Waals surface area contributed by atoms with Crippen LogP contribution in [0.15, 0.2) is 65.6 Å². The molecule has 9 nitrogen and oxygen atoms in total. The SMILES string of the molecule is COc1ccc(S(=O)(=O)N(CC(=O)N(Cc2cccc(C)c2)[C@@H](C)C(=O)NC2CCCC2)c2cc(C)cc(C)c2)cc1OC. The molecule has 10 heteroatoms. The van der Waals surface area contributed by atoms with Crippen molar-refractivity contribution in [3.63, 3.8) is 0 Å². The first kappa shape index (κ1) is 32.9. The van der Waals surface area contributed by atoms with Crippen molar-refractivity contribution in [1.29, 1.82) is 0 Å². The number of carbonyl (C=O) groups is 2. The Bertz CT molecular complexity index is 1580. The summed E-state index contributed by atoms with van der Waals surface area (Å²) in [7, 11) is -1.37. The van der Waals surface area contributed by atoms with Gasteiger partial charge in [-0.25, -0.2) is 8.42 Å². The maximum absolute atomic E-state index is 14.3. The number of methoxy groups -OCH3 is 2. The molecule has 0 unspecified atom stereocenters. The van der Waals surface area contributed by atoms with Gasteiger partial charge in [0.15, 0.2) is 11.5 Å². The molecule has 0 aliphatic heterocycles. The van der Waals surface area contributed by atoms with Crippen molar-refractivity contribution in [2.75, 3.05) is 25.1 Å². The maximum Gasteiger partial charge on any atom is 0.264 e. The molecule has 4 rings (SSSR count). The molecular formula is C34H43N3O6S. The summed E-state index contributed by atoms with van der Waals surface area (Å²) in [6.45, 7) is 7.05. The third-order valence-corrected chi connectivity index (χ3v) is 9.79. The largest absolute Gasteiger partial charge is 0.493 e. The summed E-state index contributed by atoms with van der Waals surface area (Å²) in [5.74, 6) is -0.118. The molecule has 44 heavy (non-hydrogen) atoms. The average Bonchev–Trinajstić information content (AvgIpc) is 3.50. The van der Waals surface area contributed by atoms with Crippen LogP contribution in [0.1, 0.15) is 54.9 Å². The Morgan fingerprint density at radius 3 is 2.16 bits per heavy atom. The van der Waals surface area contributed by atoms with Gasteiger partial charge >= 0.3 is 0 Å². The number of ether oxygens (including phenoxy) is 2. The number of anilines is 1. The summed E-state index contributed by atoms with van der Waals surface area (Å²) in [5.41, 5.74) is 3.91. The molecule has 3 aromatic carbocycles. The van der Waals surface area contributed by atoms with Crippen LogP contribution >= 0.6 is 0 Å². The van der Waals surface area contributed by atoms with E-state index in [0.29, 0.717) is 11.4 Å². The molecule has 1 aliphatic carbocycles. The molecule has 0 bridgehead atoms. The van der Waals surface area contributed by atoms with Gasteiger partial charge in [-0.1, -0.05) is 48.7 Å². The lowest BCUT2D eigenvalue weighted by molar-refractivity contribution is -0.139. The normalized spacial score (nSPS) is 14.1. The second-order valence-electron chi connectivity index (χ2n) is 11.6. The van der Waals surface area contributed by atoms with Gasteiger partial charge in [0.05, 0.1) is 24.8 Å². The van der Waals surface area contributed by atoms with E-state index in [-0.39, 0.29) is 29.1 Å². The highest BCUT2D eigenvalue weighted by atomic mass is 32.2. The van der Waals surface area contributed by atoms with E-state index in [4.69, 9.17) is 9.47 Å². The summed E-state index contributed by atoms with van der Waals surface area (Å²) in [6.07, 6.45) is 3.94. The first-order valence-corrected chi connectivity index (χ1v) is 16.4. The smallest absolute Gasteiger partial charge is 0.264 e. The van der Waals surface area contributed by atoms with E-state index in [1.54, 1.807) is 19.1 Å². The highest BCUT2D eigenvalue weighted by Gasteiger charge is 2.34. The van der Waals surface area contributed by atoms with Crippen LogP contribution in [0.4, 0.5) is 5.69 Å². The molecule has 3 aromatic rings. The van der Waals surface area contributed by atoms with Gasteiger partial charge in [-0.3, -0.25) is 13.9 Å². The van der Waals surface area contributed by atoms with Crippen molar-refractivity contribution >= 4 is 27.5 Å². The van der Waals surface area contributed by atoms with Crippen LogP contribution in [0.2, 0.25) is 0 Å². The van der Waals surface area contributed by atoms with Crippen molar-refractivity contribution < 1.29 is 27.5 Å². The van der Waals surface area contributed by atoms with Gasteiger partial charge in [-0.2, -0.15) is 0 Å². The van der Waals surface area contributed by atoms with Crippen LogP contribution in [-0.2, 0) is 26.2 Å². The standard InChI is InChI=1S/C34H43N3O6S/c1-23-10-9-11-27(17-23)21-36(26(4)34(39)35-28-12-7-8-13-28)33(38)22-37(29-18-24(2)16-25(3)19-29)44(40,41)30-14-15-31(42-5)32(20-30)43-6/h9-11,14-20,26,28H,7-8,12-13,21-22H2,1-6H3,(H,35,39)/t26-/m0/s1. The van der Waals surface area contributed by atoms with Gasteiger partial charge in [0.25, 0.3) is 10.0 Å². The zero-order valence-electron chi connectivity index (χ0n) is 26.4. The fourth-order valence-electron chi connectivity index (χ4n) is 5.71. The zero-order valence-corrected chi connectivity index (χ0v) is 27.2. The first-order valence-electron chi connectivity index (χ1n) is 14.9. The molecule has 1 atom stereocenters. The van der Waals surface area contributed by atoms with Gasteiger partial charge in [-0.05, 0) is 81.5 Å². The first-order chi connectivity index (χ1) is 20.9. The molecule has 1 fully saturated rings. The molecule has 236 valence electrons. The highest BCUT2D eigenvalue weighted by Crippen LogP contribution is 2.33. The summed E-state index contributed by atoms with van der Waals surface area (Å²) < 4.78 is 40.4. The number of aryl methyl sites for hydroxylation is 3. The predicted octanol–water partition coefficient (Wildman–Crippen LogP) is 5.30. The van der Waals surface area contributed by atoms with Crippen LogP contribution in [0.5, 0.6) is 11.5 Å². The van der Waals surface area contributed by atoms with Crippen LogP contribution in [0.3, 0.4) is 0 Å². The highest BCUT2D eigenvalue weighted by molar-refractivity contribution is 7.92. The van der Waals surface area contributed by atoms with E-state index in [2.05, 4.69) is 5.32 Å². The van der Waals surface area contributed by atoms with Gasteiger partial charge in [0, 0.05) is 18.7 Å². The van der Waals surface area contributed by atoms with Gasteiger partial charge in [0.2, 0.25) is 11.8 Å². The lowest BCUT2D eigenvalue weighted by atomic mass is 10.1. The predicted molar refractivity (Wildman–Crippen MR) is 172 cm³/mol. The summed E-state index contributed by atoms with van der Waals surface area (Å²) in [5, 5.41) is 3.10. The Balaban J connectivity index is 1.75. The number of carbonyl (C=O) groups excluding carboxylic acids is 2. The van der Waals surface area contributed by atoms with Crippen molar-refractivity contribution in [3.8, 4) is 11.5 Å². The van der Waals surface area contributed by atoms with Crippen molar-refractivity contribution in [3.05, 3.63) is 82.9 Å². The van der Waals surface area contributed by atoms with Crippen LogP contribution in [0.25, 0.3) is 0 Å². The van der Waals surface area contributed by atoms with Gasteiger partial charge in [0.1, 0.15) is 12.6 Å². The number of nitrogens with one attached hydrogen (secondary N) is 1. The second kappa shape index (κ2) is 14.2. The monoisotopic (exact) mass is 621 g/mol. The average molecular weight is 622 g/mol. The van der Waals surface area contributed by atoms with E-state index in [1.165, 1.54) is 37.3 Å². The Morgan fingerprint density at radius 2 is 1.55 bits per heavy atom. The van der Waals surface area contributed by atoms with Crippen LogP contribution in [-0.4, -0.2) is 58.0 Å². The molecule has 0 heterocycles. The minimum absolute atomic E-state index is 0.0561. The second-order valence-corrected chi connectivity index (χ2v) is 13.4. The van der Waals surface area contributed by atoms with Crippen molar-refractivity contribution in [2.24, 2.45) is 0 Å². The van der Waals surface area contributed by atoms with Crippen LogP contribution in [0, 0.1) is 20.8 Å². The van der Waals surface area contributed by atoms with E-state index in [0.717, 1.165) is 52.2 Å². The summed E-state index contributed by atoms with van der Waals surface area (Å²) in [4.78, 5) is 29.1. The minimum Gasteiger partial charge on any atom is -0.493 e. The summed E-state index contributed by atoms with van der Waals surface area (Å²) in [6, 6.07) is 16.7. The number of amides is 2. The van der Waals surface area contributed by atoms with Crippen molar-refractivity contribution in [1.82, 2.24) is 10.2 Å². The Labute approximate surface area is 261 Å². The molecule has 0 saturated heterocycles. The van der Waals surface area contributed by atoms with Crippen LogP contribution < -0.4 is 19.1 Å². The number of hydrogen-bond donors (Lipinski definition) is 1.